The summed E-state index contributed by atoms with van der Waals surface area (Å²) >= 11 is 2.95. The van der Waals surface area contributed by atoms with Crippen LogP contribution in [-0.4, -0.2) is 33.8 Å². The van der Waals surface area contributed by atoms with Crippen LogP contribution in [0.15, 0.2) is 52.9 Å². The van der Waals surface area contributed by atoms with E-state index in [0.29, 0.717) is 5.75 Å². The van der Waals surface area contributed by atoms with Crippen molar-refractivity contribution in [2.75, 3.05) is 17.7 Å². The lowest BCUT2D eigenvalue weighted by Gasteiger charge is -2.10. The van der Waals surface area contributed by atoms with Gasteiger partial charge in [-0.1, -0.05) is 47.4 Å². The maximum absolute atomic E-state index is 10.1. The first-order valence-electron chi connectivity index (χ1n) is 8.26. The summed E-state index contributed by atoms with van der Waals surface area (Å²) in [6.07, 6.45) is -0.569. The highest BCUT2D eigenvalue weighted by atomic mass is 32.2. The van der Waals surface area contributed by atoms with Gasteiger partial charge in [0.25, 0.3) is 0 Å². The van der Waals surface area contributed by atoms with Gasteiger partial charge in [-0.3, -0.25) is 0 Å². The molecule has 1 heterocycles. The minimum atomic E-state index is -0.569. The number of ether oxygens (including phenoxy) is 1. The Balaban J connectivity index is 1.46. The minimum Gasteiger partial charge on any atom is -0.491 e. The van der Waals surface area contributed by atoms with Crippen molar-refractivity contribution in [1.82, 2.24) is 10.2 Å². The van der Waals surface area contributed by atoms with Crippen LogP contribution in [0.1, 0.15) is 11.1 Å². The summed E-state index contributed by atoms with van der Waals surface area (Å²) in [5.74, 6) is 1.26. The van der Waals surface area contributed by atoms with Gasteiger partial charge in [-0.05, 0) is 49.2 Å². The number of benzene rings is 2. The van der Waals surface area contributed by atoms with E-state index in [1.807, 2.05) is 36.4 Å². The van der Waals surface area contributed by atoms with Crippen LogP contribution in [-0.2, 0) is 0 Å². The Morgan fingerprint density at radius 2 is 1.92 bits per heavy atom. The van der Waals surface area contributed by atoms with Crippen LogP contribution in [0.2, 0.25) is 0 Å². The van der Waals surface area contributed by atoms with Crippen molar-refractivity contribution >= 4 is 33.9 Å². The molecule has 0 aliphatic heterocycles. The summed E-state index contributed by atoms with van der Waals surface area (Å²) in [7, 11) is 0. The number of nitrogens with one attached hydrogen (secondary N) is 1. The van der Waals surface area contributed by atoms with Crippen molar-refractivity contribution in [3.05, 3.63) is 59.7 Å². The zero-order valence-corrected chi connectivity index (χ0v) is 16.3. The first kappa shape index (κ1) is 18.7. The molecule has 3 aromatic rings. The second-order valence-electron chi connectivity index (χ2n) is 5.89. The van der Waals surface area contributed by atoms with Gasteiger partial charge in [-0.15, -0.1) is 10.2 Å². The van der Waals surface area contributed by atoms with Crippen LogP contribution in [0.25, 0.3) is 0 Å². The summed E-state index contributed by atoms with van der Waals surface area (Å²) in [6, 6.07) is 15.7. The van der Waals surface area contributed by atoms with Gasteiger partial charge in [0.05, 0.1) is 6.10 Å². The number of para-hydroxylation sites is 1. The topological polar surface area (TPSA) is 67.3 Å². The SMILES string of the molecule is Cc1ccc(Nc2nnc(SC[C@@H](O)COc3ccccc3)s2)cc1C. The molecule has 0 radical (unpaired) electrons. The van der Waals surface area contributed by atoms with Gasteiger partial charge in [0.2, 0.25) is 5.13 Å². The maximum atomic E-state index is 10.1. The molecule has 1 aromatic heterocycles. The van der Waals surface area contributed by atoms with Crippen LogP contribution in [0.5, 0.6) is 5.75 Å². The molecule has 0 aliphatic rings. The van der Waals surface area contributed by atoms with Gasteiger partial charge in [-0.2, -0.15) is 0 Å². The Kier molecular flexibility index (Phi) is 6.49. The molecule has 0 aliphatic carbocycles. The monoisotopic (exact) mass is 387 g/mol. The third-order valence-corrected chi connectivity index (χ3v) is 5.87. The van der Waals surface area contributed by atoms with Crippen LogP contribution in [0.4, 0.5) is 10.8 Å². The third-order valence-electron chi connectivity index (χ3n) is 3.75. The normalized spacial score (nSPS) is 12.0. The van der Waals surface area contributed by atoms with E-state index in [0.717, 1.165) is 20.9 Å². The van der Waals surface area contributed by atoms with Crippen LogP contribution < -0.4 is 10.1 Å². The predicted octanol–water partition coefficient (Wildman–Crippen LogP) is 4.43. The van der Waals surface area contributed by atoms with E-state index >= 15 is 0 Å². The van der Waals surface area contributed by atoms with Crippen LogP contribution in [0, 0.1) is 13.8 Å². The number of aliphatic hydroxyl groups excluding tert-OH is 1. The number of aryl methyl sites for hydroxylation is 2. The Hall–Kier alpha value is -2.09. The fourth-order valence-corrected chi connectivity index (χ4v) is 3.89. The largest absolute Gasteiger partial charge is 0.491 e. The van der Waals surface area contributed by atoms with Gasteiger partial charge in [0.15, 0.2) is 4.34 Å². The van der Waals surface area contributed by atoms with Gasteiger partial charge in [-0.25, -0.2) is 0 Å². The maximum Gasteiger partial charge on any atom is 0.210 e. The number of nitrogens with zero attached hydrogens (tertiary/aromatic N) is 2. The fourth-order valence-electron chi connectivity index (χ4n) is 2.19. The molecule has 0 bridgehead atoms. The summed E-state index contributed by atoms with van der Waals surface area (Å²) in [5, 5.41) is 22.4. The molecule has 0 saturated carbocycles. The molecule has 3 rings (SSSR count). The van der Waals surface area contributed by atoms with Crippen molar-refractivity contribution < 1.29 is 9.84 Å². The second-order valence-corrected chi connectivity index (χ2v) is 8.13. The second kappa shape index (κ2) is 9.02. The number of thioether (sulfide) groups is 1. The number of hydrogen-bond acceptors (Lipinski definition) is 7. The van der Waals surface area contributed by atoms with Crippen molar-refractivity contribution in [3.8, 4) is 5.75 Å². The van der Waals surface area contributed by atoms with E-state index in [1.165, 1.54) is 34.2 Å². The van der Waals surface area contributed by atoms with Gasteiger partial charge >= 0.3 is 0 Å². The molecule has 7 heteroatoms. The molecule has 0 unspecified atom stereocenters. The van der Waals surface area contributed by atoms with Crippen LogP contribution >= 0.6 is 23.1 Å². The molecular weight excluding hydrogens is 366 g/mol. The molecule has 0 fully saturated rings. The van der Waals surface area contributed by atoms with E-state index in [4.69, 9.17) is 4.74 Å². The van der Waals surface area contributed by atoms with Crippen molar-refractivity contribution in [2.24, 2.45) is 0 Å². The first-order valence-corrected chi connectivity index (χ1v) is 10.1. The lowest BCUT2D eigenvalue weighted by atomic mass is 10.1. The number of rotatable bonds is 8. The van der Waals surface area contributed by atoms with Crippen molar-refractivity contribution in [3.63, 3.8) is 0 Å². The Morgan fingerprint density at radius 1 is 1.12 bits per heavy atom. The average molecular weight is 388 g/mol. The quantitative estimate of drug-likeness (QED) is 0.557. The Labute approximate surface area is 161 Å². The Morgan fingerprint density at radius 3 is 2.69 bits per heavy atom. The number of aromatic nitrogens is 2. The van der Waals surface area contributed by atoms with Crippen molar-refractivity contribution in [1.29, 1.82) is 0 Å². The molecule has 0 saturated heterocycles. The molecule has 0 spiro atoms. The average Bonchev–Trinajstić information content (AvgIpc) is 3.09. The zero-order valence-electron chi connectivity index (χ0n) is 14.7. The summed E-state index contributed by atoms with van der Waals surface area (Å²) < 4.78 is 6.37. The molecule has 26 heavy (non-hydrogen) atoms. The number of anilines is 2. The summed E-state index contributed by atoms with van der Waals surface area (Å²) in [4.78, 5) is 0. The van der Waals surface area contributed by atoms with E-state index in [2.05, 4.69) is 41.5 Å². The number of aliphatic hydroxyl groups is 1. The van der Waals surface area contributed by atoms with E-state index in [-0.39, 0.29) is 6.61 Å². The van der Waals surface area contributed by atoms with E-state index in [9.17, 15) is 5.11 Å². The molecule has 2 N–H and O–H groups in total. The zero-order chi connectivity index (χ0) is 18.4. The van der Waals surface area contributed by atoms with Crippen molar-refractivity contribution in [2.45, 2.75) is 24.3 Å². The smallest absolute Gasteiger partial charge is 0.210 e. The lowest BCUT2D eigenvalue weighted by Crippen LogP contribution is -2.19. The van der Waals surface area contributed by atoms with E-state index < -0.39 is 6.10 Å². The highest BCUT2D eigenvalue weighted by molar-refractivity contribution is 8.01. The van der Waals surface area contributed by atoms with E-state index in [1.54, 1.807) is 0 Å². The van der Waals surface area contributed by atoms with Gasteiger partial charge in [0.1, 0.15) is 12.4 Å². The highest BCUT2D eigenvalue weighted by Gasteiger charge is 2.10. The minimum absolute atomic E-state index is 0.254. The Bertz CT molecular complexity index is 840. The number of hydrogen-bond donors (Lipinski definition) is 2. The standard InChI is InChI=1S/C19H21N3O2S2/c1-13-8-9-15(10-14(13)2)20-18-21-22-19(26-18)25-12-16(23)11-24-17-6-4-3-5-7-17/h3-10,16,23H,11-12H2,1-2H3,(H,20,21)/t16-/m0/s1. The molecular formula is C19H21N3O2S2. The summed E-state index contributed by atoms with van der Waals surface area (Å²) in [5.41, 5.74) is 3.49. The molecule has 2 aromatic carbocycles. The molecule has 1 atom stereocenters. The summed E-state index contributed by atoms with van der Waals surface area (Å²) in [6.45, 7) is 4.43. The van der Waals surface area contributed by atoms with Gasteiger partial charge in [0, 0.05) is 11.4 Å². The predicted molar refractivity (Wildman–Crippen MR) is 108 cm³/mol. The third kappa shape index (κ3) is 5.45. The molecule has 0 amide bonds. The molecule has 5 nitrogen and oxygen atoms in total. The first-order chi connectivity index (χ1) is 12.6. The highest BCUT2D eigenvalue weighted by Crippen LogP contribution is 2.28. The lowest BCUT2D eigenvalue weighted by molar-refractivity contribution is 0.126. The van der Waals surface area contributed by atoms with Crippen LogP contribution in [0.3, 0.4) is 0 Å². The van der Waals surface area contributed by atoms with Gasteiger partial charge < -0.3 is 15.2 Å². The fraction of sp³-hybridized carbons (Fsp3) is 0.263. The molecule has 136 valence electrons.